The second-order valence-electron chi connectivity index (χ2n) is 6.68. The predicted octanol–water partition coefficient (Wildman–Crippen LogP) is 2.56. The Hall–Kier alpha value is -1.86. The maximum Gasteiger partial charge on any atom is 0.233 e. The fourth-order valence-corrected chi connectivity index (χ4v) is 3.80. The number of hydrogen-bond donors (Lipinski definition) is 0. The van der Waals surface area contributed by atoms with Crippen LogP contribution in [0.5, 0.6) is 0 Å². The van der Waals surface area contributed by atoms with E-state index >= 15 is 0 Å². The Labute approximate surface area is 152 Å². The highest BCUT2D eigenvalue weighted by molar-refractivity contribution is 7.99. The number of nitrogens with zero attached hydrogens (tertiary/aromatic N) is 4. The minimum Gasteiger partial charge on any atom is -0.372 e. The Morgan fingerprint density at radius 1 is 1.36 bits per heavy atom. The standard InChI is InChI=1S/C18H24N4O2S/c1-4-14-7-5-6-8-15(14)22-13-19-20-17(22)25-11-16(23)21-9-10-24-18(2,3)12-21/h5-8,13H,4,9-12H2,1-3H3. The zero-order valence-corrected chi connectivity index (χ0v) is 15.8. The highest BCUT2D eigenvalue weighted by Crippen LogP contribution is 2.24. The molecule has 1 fully saturated rings. The Morgan fingerprint density at radius 3 is 2.92 bits per heavy atom. The van der Waals surface area contributed by atoms with E-state index in [1.54, 1.807) is 6.33 Å². The first kappa shape index (κ1) is 17.9. The molecule has 0 spiro atoms. The summed E-state index contributed by atoms with van der Waals surface area (Å²) in [7, 11) is 0. The number of thioether (sulfide) groups is 1. The molecule has 134 valence electrons. The molecule has 1 aliphatic rings. The molecule has 0 N–H and O–H groups in total. The van der Waals surface area contributed by atoms with Crippen LogP contribution in [0.25, 0.3) is 5.69 Å². The van der Waals surface area contributed by atoms with Crippen LogP contribution in [0.4, 0.5) is 0 Å². The van der Waals surface area contributed by atoms with E-state index in [1.807, 2.05) is 35.4 Å². The van der Waals surface area contributed by atoms with Gasteiger partial charge in [0.25, 0.3) is 0 Å². The summed E-state index contributed by atoms with van der Waals surface area (Å²) in [4.78, 5) is 14.4. The van der Waals surface area contributed by atoms with Crippen molar-refractivity contribution in [2.45, 2.75) is 37.9 Å². The number of carbonyl (C=O) groups is 1. The summed E-state index contributed by atoms with van der Waals surface area (Å²) < 4.78 is 7.63. The fourth-order valence-electron chi connectivity index (χ4n) is 2.98. The third kappa shape index (κ3) is 4.22. The Kier molecular flexibility index (Phi) is 5.44. The largest absolute Gasteiger partial charge is 0.372 e. The van der Waals surface area contributed by atoms with Gasteiger partial charge in [0.2, 0.25) is 5.91 Å². The highest BCUT2D eigenvalue weighted by Gasteiger charge is 2.30. The van der Waals surface area contributed by atoms with Crippen LogP contribution in [-0.4, -0.2) is 56.6 Å². The van der Waals surface area contributed by atoms with E-state index in [1.165, 1.54) is 17.3 Å². The van der Waals surface area contributed by atoms with Gasteiger partial charge >= 0.3 is 0 Å². The van der Waals surface area contributed by atoms with E-state index in [0.29, 0.717) is 25.4 Å². The second-order valence-corrected chi connectivity index (χ2v) is 7.62. The molecule has 0 aliphatic carbocycles. The van der Waals surface area contributed by atoms with Gasteiger partial charge in [-0.15, -0.1) is 10.2 Å². The van der Waals surface area contributed by atoms with Crippen LogP contribution in [0.15, 0.2) is 35.7 Å². The Bertz CT molecular complexity index is 744. The summed E-state index contributed by atoms with van der Waals surface area (Å²) in [5.41, 5.74) is 2.02. The van der Waals surface area contributed by atoms with Crippen molar-refractivity contribution in [2.24, 2.45) is 0 Å². The molecule has 2 aromatic rings. The molecule has 6 nitrogen and oxygen atoms in total. The summed E-state index contributed by atoms with van der Waals surface area (Å²) >= 11 is 1.43. The molecule has 7 heteroatoms. The quantitative estimate of drug-likeness (QED) is 0.767. The van der Waals surface area contributed by atoms with E-state index < -0.39 is 0 Å². The summed E-state index contributed by atoms with van der Waals surface area (Å²) in [5, 5.41) is 8.97. The molecule has 25 heavy (non-hydrogen) atoms. The molecule has 1 aromatic carbocycles. The van der Waals surface area contributed by atoms with Crippen LogP contribution in [0, 0.1) is 0 Å². The van der Waals surface area contributed by atoms with Crippen molar-refractivity contribution in [2.75, 3.05) is 25.4 Å². The molecular formula is C18H24N4O2S. The van der Waals surface area contributed by atoms with Gasteiger partial charge < -0.3 is 9.64 Å². The van der Waals surface area contributed by atoms with Gasteiger partial charge in [0.05, 0.1) is 23.6 Å². The zero-order valence-electron chi connectivity index (χ0n) is 14.9. The average Bonchev–Trinajstić information content (AvgIpc) is 3.07. The topological polar surface area (TPSA) is 60.2 Å². The van der Waals surface area contributed by atoms with Crippen molar-refractivity contribution in [3.8, 4) is 5.69 Å². The number of benzene rings is 1. The summed E-state index contributed by atoms with van der Waals surface area (Å²) in [6.07, 6.45) is 2.64. The normalized spacial score (nSPS) is 16.8. The molecule has 1 aromatic heterocycles. The van der Waals surface area contributed by atoms with E-state index in [9.17, 15) is 4.79 Å². The minimum atomic E-state index is -0.279. The van der Waals surface area contributed by atoms with Gasteiger partial charge in [0.1, 0.15) is 6.33 Å². The number of ether oxygens (including phenoxy) is 1. The Morgan fingerprint density at radius 2 is 2.16 bits per heavy atom. The van der Waals surface area contributed by atoms with E-state index in [2.05, 4.69) is 29.3 Å². The number of aryl methyl sites for hydroxylation is 1. The monoisotopic (exact) mass is 360 g/mol. The lowest BCUT2D eigenvalue weighted by Gasteiger charge is -2.38. The van der Waals surface area contributed by atoms with Crippen LogP contribution in [-0.2, 0) is 16.0 Å². The first-order chi connectivity index (χ1) is 12.0. The summed E-state index contributed by atoms with van der Waals surface area (Å²) in [5.74, 6) is 0.461. The number of hydrogen-bond acceptors (Lipinski definition) is 5. The van der Waals surface area contributed by atoms with Gasteiger partial charge in [0, 0.05) is 13.1 Å². The molecule has 2 heterocycles. The summed E-state index contributed by atoms with van der Waals surface area (Å²) in [6, 6.07) is 8.19. The molecule has 0 saturated carbocycles. The van der Waals surface area contributed by atoms with E-state index in [4.69, 9.17) is 4.74 Å². The lowest BCUT2D eigenvalue weighted by molar-refractivity contribution is -0.143. The van der Waals surface area contributed by atoms with Crippen molar-refractivity contribution in [3.63, 3.8) is 0 Å². The third-order valence-corrected chi connectivity index (χ3v) is 5.18. The van der Waals surface area contributed by atoms with Crippen LogP contribution in [0.2, 0.25) is 0 Å². The van der Waals surface area contributed by atoms with Gasteiger partial charge in [0.15, 0.2) is 5.16 Å². The zero-order chi connectivity index (χ0) is 17.9. The molecular weight excluding hydrogens is 336 g/mol. The van der Waals surface area contributed by atoms with Crippen LogP contribution < -0.4 is 0 Å². The van der Waals surface area contributed by atoms with Gasteiger partial charge in [-0.25, -0.2) is 0 Å². The number of amides is 1. The van der Waals surface area contributed by atoms with Crippen molar-refractivity contribution >= 4 is 17.7 Å². The number of rotatable bonds is 5. The van der Waals surface area contributed by atoms with Gasteiger partial charge in [-0.05, 0) is 31.9 Å². The predicted molar refractivity (Wildman–Crippen MR) is 98.1 cm³/mol. The number of morpholine rings is 1. The SMILES string of the molecule is CCc1ccccc1-n1cnnc1SCC(=O)N1CCOC(C)(C)C1. The van der Waals surface area contributed by atoms with Crippen molar-refractivity contribution < 1.29 is 9.53 Å². The molecule has 0 unspecified atom stereocenters. The fraction of sp³-hybridized carbons (Fsp3) is 0.500. The molecule has 1 saturated heterocycles. The molecule has 1 amide bonds. The first-order valence-corrected chi connectivity index (χ1v) is 9.51. The molecule has 0 atom stereocenters. The molecule has 1 aliphatic heterocycles. The minimum absolute atomic E-state index is 0.111. The van der Waals surface area contributed by atoms with Crippen LogP contribution in [0.1, 0.15) is 26.3 Å². The number of aromatic nitrogens is 3. The van der Waals surface area contributed by atoms with Gasteiger partial charge in [-0.2, -0.15) is 0 Å². The van der Waals surface area contributed by atoms with E-state index in [0.717, 1.165) is 17.3 Å². The lowest BCUT2D eigenvalue weighted by Crippen LogP contribution is -2.51. The van der Waals surface area contributed by atoms with Crippen molar-refractivity contribution in [3.05, 3.63) is 36.2 Å². The van der Waals surface area contributed by atoms with Crippen LogP contribution in [0.3, 0.4) is 0 Å². The highest BCUT2D eigenvalue weighted by atomic mass is 32.2. The molecule has 3 rings (SSSR count). The maximum atomic E-state index is 12.5. The molecule has 0 bridgehead atoms. The smallest absolute Gasteiger partial charge is 0.233 e. The molecule has 0 radical (unpaired) electrons. The van der Waals surface area contributed by atoms with Gasteiger partial charge in [-0.1, -0.05) is 36.9 Å². The number of carbonyl (C=O) groups excluding carboxylic acids is 1. The van der Waals surface area contributed by atoms with Crippen molar-refractivity contribution in [1.82, 2.24) is 19.7 Å². The van der Waals surface area contributed by atoms with Gasteiger partial charge in [-0.3, -0.25) is 9.36 Å². The third-order valence-electron chi connectivity index (χ3n) is 4.25. The summed E-state index contributed by atoms with van der Waals surface area (Å²) in [6.45, 7) is 8.00. The maximum absolute atomic E-state index is 12.5. The van der Waals surface area contributed by atoms with Crippen molar-refractivity contribution in [1.29, 1.82) is 0 Å². The lowest BCUT2D eigenvalue weighted by atomic mass is 10.1. The number of para-hydroxylation sites is 1. The first-order valence-electron chi connectivity index (χ1n) is 8.53. The van der Waals surface area contributed by atoms with E-state index in [-0.39, 0.29) is 11.5 Å². The average molecular weight is 360 g/mol. The Balaban J connectivity index is 1.69. The van der Waals surface area contributed by atoms with Crippen LogP contribution >= 0.6 is 11.8 Å². The second kappa shape index (κ2) is 7.58.